The van der Waals surface area contributed by atoms with Crippen molar-refractivity contribution in [2.24, 2.45) is 0 Å². The first kappa shape index (κ1) is 12.2. The number of rotatable bonds is 2. The van der Waals surface area contributed by atoms with Gasteiger partial charge in [-0.15, -0.1) is 11.3 Å². The van der Waals surface area contributed by atoms with E-state index in [-0.39, 0.29) is 0 Å². The van der Waals surface area contributed by atoms with Crippen molar-refractivity contribution in [2.75, 3.05) is 0 Å². The molecular weight excluding hydrogens is 286 g/mol. The summed E-state index contributed by atoms with van der Waals surface area (Å²) in [5.41, 5.74) is 5.49. The fourth-order valence-electron chi connectivity index (χ4n) is 3.06. The molecule has 4 rings (SSSR count). The van der Waals surface area contributed by atoms with Gasteiger partial charge in [0, 0.05) is 34.4 Å². The van der Waals surface area contributed by atoms with Crippen LogP contribution in [-0.2, 0) is 13.0 Å². The summed E-state index contributed by atoms with van der Waals surface area (Å²) in [5, 5.41) is 0. The van der Waals surface area contributed by atoms with Gasteiger partial charge >= 0.3 is 0 Å². The quantitative estimate of drug-likeness (QED) is 0.590. The molecule has 0 fully saturated rings. The van der Waals surface area contributed by atoms with Gasteiger partial charge in [0.25, 0.3) is 0 Å². The van der Waals surface area contributed by atoms with Crippen LogP contribution in [-0.4, -0.2) is 4.57 Å². The van der Waals surface area contributed by atoms with Crippen LogP contribution in [0, 0.1) is 0 Å². The van der Waals surface area contributed by atoms with Crippen LogP contribution in [0.15, 0.2) is 48.7 Å². The number of aromatic nitrogens is 1. The lowest BCUT2D eigenvalue weighted by Crippen LogP contribution is -1.88. The van der Waals surface area contributed by atoms with Crippen LogP contribution in [0.5, 0.6) is 0 Å². The molecule has 1 aliphatic heterocycles. The Kier molecular flexibility index (Phi) is 2.94. The maximum absolute atomic E-state index is 6.11. The Morgan fingerprint density at radius 1 is 1.05 bits per heavy atom. The van der Waals surface area contributed by atoms with Crippen LogP contribution in [0.4, 0.5) is 0 Å². The van der Waals surface area contributed by atoms with Crippen LogP contribution in [0.1, 0.15) is 12.1 Å². The van der Waals surface area contributed by atoms with Gasteiger partial charge in [-0.25, -0.2) is 0 Å². The van der Waals surface area contributed by atoms with Crippen molar-refractivity contribution in [3.8, 4) is 21.6 Å². The molecule has 0 aliphatic carbocycles. The molecule has 3 heterocycles. The van der Waals surface area contributed by atoms with E-state index >= 15 is 0 Å². The van der Waals surface area contributed by atoms with Crippen molar-refractivity contribution in [1.82, 2.24) is 4.57 Å². The number of hydrogen-bond donors (Lipinski definition) is 0. The number of aryl methyl sites for hydroxylation is 1. The highest BCUT2D eigenvalue weighted by Gasteiger charge is 2.22. The Balaban J connectivity index is 1.96. The predicted molar refractivity (Wildman–Crippen MR) is 86.5 cm³/mol. The van der Waals surface area contributed by atoms with Crippen molar-refractivity contribution < 1.29 is 0 Å². The second-order valence-corrected chi connectivity index (χ2v) is 6.85. The van der Waals surface area contributed by atoms with E-state index in [1.165, 1.54) is 40.1 Å². The monoisotopic (exact) mass is 299 g/mol. The Morgan fingerprint density at radius 2 is 1.90 bits per heavy atom. The fourth-order valence-corrected chi connectivity index (χ4v) is 4.11. The minimum atomic E-state index is 0.852. The van der Waals surface area contributed by atoms with Crippen molar-refractivity contribution in [2.45, 2.75) is 19.4 Å². The van der Waals surface area contributed by atoms with Crippen LogP contribution in [0.2, 0.25) is 4.34 Å². The molecule has 0 N–H and O–H groups in total. The molecule has 0 unspecified atom stereocenters. The number of halogens is 1. The minimum absolute atomic E-state index is 0.852. The molecule has 0 saturated carbocycles. The highest BCUT2D eigenvalue weighted by Crippen LogP contribution is 2.42. The number of thiophene rings is 1. The molecule has 3 heteroatoms. The lowest BCUT2D eigenvalue weighted by Gasteiger charge is -2.05. The molecule has 0 radical (unpaired) electrons. The highest BCUT2D eigenvalue weighted by molar-refractivity contribution is 7.19. The average molecular weight is 300 g/mol. The van der Waals surface area contributed by atoms with Crippen LogP contribution >= 0.6 is 22.9 Å². The van der Waals surface area contributed by atoms with E-state index < -0.39 is 0 Å². The first-order valence-electron chi connectivity index (χ1n) is 6.86. The van der Waals surface area contributed by atoms with Crippen molar-refractivity contribution in [3.63, 3.8) is 0 Å². The number of benzene rings is 1. The average Bonchev–Trinajstić information content (AvgIpc) is 3.13. The van der Waals surface area contributed by atoms with Gasteiger partial charge in [-0.3, -0.25) is 0 Å². The largest absolute Gasteiger partial charge is 0.350 e. The SMILES string of the molecule is Clc1ccc(-c2cn3c(c2-c2ccccc2)CCC3)s1. The van der Waals surface area contributed by atoms with Gasteiger partial charge in [-0.1, -0.05) is 41.9 Å². The molecule has 0 saturated heterocycles. The topological polar surface area (TPSA) is 4.93 Å². The van der Waals surface area contributed by atoms with E-state index in [9.17, 15) is 0 Å². The van der Waals surface area contributed by atoms with Gasteiger partial charge in [0.15, 0.2) is 0 Å². The van der Waals surface area contributed by atoms with Crippen LogP contribution < -0.4 is 0 Å². The smallest absolute Gasteiger partial charge is 0.0934 e. The summed E-state index contributed by atoms with van der Waals surface area (Å²) in [6, 6.07) is 14.8. The standard InChI is InChI=1S/C17H14ClNS/c18-16-9-8-15(20-16)13-11-19-10-4-7-14(19)17(13)12-5-2-1-3-6-12/h1-3,5-6,8-9,11H,4,7,10H2. The van der Waals surface area contributed by atoms with Gasteiger partial charge in [0.05, 0.1) is 4.34 Å². The van der Waals surface area contributed by atoms with E-state index in [1.807, 2.05) is 6.07 Å². The molecule has 3 aromatic rings. The van der Waals surface area contributed by atoms with Gasteiger partial charge in [0.2, 0.25) is 0 Å². The fraction of sp³-hybridized carbons (Fsp3) is 0.176. The molecule has 1 aromatic carbocycles. The first-order chi connectivity index (χ1) is 9.83. The van der Waals surface area contributed by atoms with Crippen LogP contribution in [0.3, 0.4) is 0 Å². The molecule has 100 valence electrons. The summed E-state index contributed by atoms with van der Waals surface area (Å²) in [6.07, 6.45) is 4.72. The summed E-state index contributed by atoms with van der Waals surface area (Å²) >= 11 is 7.77. The van der Waals surface area contributed by atoms with Gasteiger partial charge in [-0.2, -0.15) is 0 Å². The van der Waals surface area contributed by atoms with E-state index in [2.05, 4.69) is 47.2 Å². The zero-order chi connectivity index (χ0) is 13.5. The molecule has 0 spiro atoms. The van der Waals surface area contributed by atoms with E-state index in [0.29, 0.717) is 0 Å². The Bertz CT molecular complexity index is 755. The number of fused-ring (bicyclic) bond motifs is 1. The molecule has 0 amide bonds. The minimum Gasteiger partial charge on any atom is -0.350 e. The lowest BCUT2D eigenvalue weighted by atomic mass is 9.99. The first-order valence-corrected chi connectivity index (χ1v) is 8.05. The maximum atomic E-state index is 6.11. The Morgan fingerprint density at radius 3 is 2.65 bits per heavy atom. The summed E-state index contributed by atoms with van der Waals surface area (Å²) in [7, 11) is 0. The van der Waals surface area contributed by atoms with Crippen LogP contribution in [0.25, 0.3) is 21.6 Å². The van der Waals surface area contributed by atoms with E-state index in [1.54, 1.807) is 11.3 Å². The van der Waals surface area contributed by atoms with Crippen molar-refractivity contribution >= 4 is 22.9 Å². The third kappa shape index (κ3) is 1.91. The number of hydrogen-bond acceptors (Lipinski definition) is 1. The zero-order valence-corrected chi connectivity index (χ0v) is 12.5. The summed E-state index contributed by atoms with van der Waals surface area (Å²) in [6.45, 7) is 1.13. The lowest BCUT2D eigenvalue weighted by molar-refractivity contribution is 0.751. The third-order valence-electron chi connectivity index (χ3n) is 3.90. The second kappa shape index (κ2) is 4.80. The third-order valence-corrected chi connectivity index (χ3v) is 5.17. The maximum Gasteiger partial charge on any atom is 0.0934 e. The van der Waals surface area contributed by atoms with Gasteiger partial charge in [0.1, 0.15) is 0 Å². The Labute approximate surface area is 127 Å². The van der Waals surface area contributed by atoms with E-state index in [4.69, 9.17) is 11.6 Å². The van der Waals surface area contributed by atoms with E-state index in [0.717, 1.165) is 10.9 Å². The van der Waals surface area contributed by atoms with Crippen molar-refractivity contribution in [3.05, 3.63) is 58.7 Å². The molecule has 0 bridgehead atoms. The summed E-state index contributed by atoms with van der Waals surface area (Å²) < 4.78 is 3.26. The number of nitrogens with zero attached hydrogens (tertiary/aromatic N) is 1. The zero-order valence-electron chi connectivity index (χ0n) is 11.0. The predicted octanol–water partition coefficient (Wildman–Crippen LogP) is 5.48. The molecular formula is C17H14ClNS. The summed E-state index contributed by atoms with van der Waals surface area (Å²) in [5.74, 6) is 0. The highest BCUT2D eigenvalue weighted by atomic mass is 35.5. The normalized spacial score (nSPS) is 13.7. The molecule has 1 aliphatic rings. The molecule has 0 atom stereocenters. The second-order valence-electron chi connectivity index (χ2n) is 5.13. The van der Waals surface area contributed by atoms with Gasteiger partial charge < -0.3 is 4.57 Å². The van der Waals surface area contributed by atoms with Gasteiger partial charge in [-0.05, 0) is 30.5 Å². The van der Waals surface area contributed by atoms with Crippen molar-refractivity contribution in [1.29, 1.82) is 0 Å². The molecule has 2 aromatic heterocycles. The summed E-state index contributed by atoms with van der Waals surface area (Å²) in [4.78, 5) is 1.26. The Hall–Kier alpha value is -1.51. The molecule has 20 heavy (non-hydrogen) atoms. The molecule has 1 nitrogen and oxygen atoms in total.